The third-order valence-corrected chi connectivity index (χ3v) is 4.42. The van der Waals surface area contributed by atoms with Gasteiger partial charge in [0.05, 0.1) is 7.11 Å². The molecule has 1 amide bonds. The molecule has 22 heavy (non-hydrogen) atoms. The summed E-state index contributed by atoms with van der Waals surface area (Å²) in [5.41, 5.74) is 1.17. The van der Waals surface area contributed by atoms with Crippen LogP contribution >= 0.6 is 0 Å². The molecule has 0 aromatic heterocycles. The molecule has 0 atom stereocenters. The molecule has 0 unspecified atom stereocenters. The Hall–Kier alpha value is -1.55. The maximum atomic E-state index is 12.1. The van der Waals surface area contributed by atoms with Crippen molar-refractivity contribution < 1.29 is 9.53 Å². The van der Waals surface area contributed by atoms with E-state index in [1.165, 1.54) is 5.56 Å². The Morgan fingerprint density at radius 2 is 1.91 bits per heavy atom. The van der Waals surface area contributed by atoms with Crippen LogP contribution < -0.4 is 10.1 Å². The lowest BCUT2D eigenvalue weighted by Crippen LogP contribution is -2.46. The Morgan fingerprint density at radius 3 is 2.45 bits per heavy atom. The average Bonchev–Trinajstić information content (AvgIpc) is 2.54. The van der Waals surface area contributed by atoms with Crippen LogP contribution in [0.1, 0.15) is 38.7 Å². The summed E-state index contributed by atoms with van der Waals surface area (Å²) in [5.74, 6) is 1.02. The van der Waals surface area contributed by atoms with Crippen molar-refractivity contribution in [2.45, 2.75) is 51.6 Å². The van der Waals surface area contributed by atoms with Gasteiger partial charge in [0, 0.05) is 31.6 Å². The second-order valence-electron chi connectivity index (χ2n) is 6.32. The maximum Gasteiger partial charge on any atom is 0.220 e. The lowest BCUT2D eigenvalue weighted by molar-refractivity contribution is -0.122. The second-order valence-corrected chi connectivity index (χ2v) is 6.32. The number of rotatable bonds is 6. The number of amides is 1. The highest BCUT2D eigenvalue weighted by atomic mass is 16.5. The third kappa shape index (κ3) is 5.02. The van der Waals surface area contributed by atoms with Crippen LogP contribution in [0.4, 0.5) is 0 Å². The van der Waals surface area contributed by atoms with E-state index in [1.54, 1.807) is 7.11 Å². The molecule has 1 saturated heterocycles. The smallest absolute Gasteiger partial charge is 0.220 e. The fourth-order valence-electron chi connectivity index (χ4n) is 2.91. The maximum absolute atomic E-state index is 12.1. The standard InChI is InChI=1S/C18H28N2O2/c1-14(2)20-12-10-16(11-13-20)19-18(21)9-6-15-4-7-17(22-3)8-5-15/h4-5,7-8,14,16H,6,9-13H2,1-3H3,(H,19,21). The molecule has 0 radical (unpaired) electrons. The van der Waals surface area contributed by atoms with Gasteiger partial charge in [0.15, 0.2) is 0 Å². The zero-order chi connectivity index (χ0) is 15.9. The quantitative estimate of drug-likeness (QED) is 0.878. The minimum absolute atomic E-state index is 0.166. The van der Waals surface area contributed by atoms with Gasteiger partial charge in [0.25, 0.3) is 0 Å². The average molecular weight is 304 g/mol. The van der Waals surface area contributed by atoms with Crippen LogP contribution in [0.15, 0.2) is 24.3 Å². The van der Waals surface area contributed by atoms with Crippen molar-refractivity contribution in [3.05, 3.63) is 29.8 Å². The van der Waals surface area contributed by atoms with Gasteiger partial charge in [-0.2, -0.15) is 0 Å². The van der Waals surface area contributed by atoms with Crippen molar-refractivity contribution in [3.63, 3.8) is 0 Å². The molecular weight excluding hydrogens is 276 g/mol. The number of nitrogens with zero attached hydrogens (tertiary/aromatic N) is 1. The Labute approximate surface area is 133 Å². The molecule has 1 aromatic carbocycles. The molecule has 1 heterocycles. The number of carbonyl (C=O) groups excluding carboxylic acids is 1. The predicted octanol–water partition coefficient (Wildman–Crippen LogP) is 2.62. The first-order valence-electron chi connectivity index (χ1n) is 8.25. The highest BCUT2D eigenvalue weighted by Crippen LogP contribution is 2.14. The minimum atomic E-state index is 0.166. The Bertz CT molecular complexity index is 462. The minimum Gasteiger partial charge on any atom is -0.497 e. The van der Waals surface area contributed by atoms with Gasteiger partial charge in [0.2, 0.25) is 5.91 Å². The van der Waals surface area contributed by atoms with Crippen molar-refractivity contribution in [1.29, 1.82) is 0 Å². The summed E-state index contributed by atoms with van der Waals surface area (Å²) in [7, 11) is 1.66. The highest BCUT2D eigenvalue weighted by molar-refractivity contribution is 5.76. The van der Waals surface area contributed by atoms with Gasteiger partial charge in [-0.3, -0.25) is 4.79 Å². The van der Waals surface area contributed by atoms with Crippen LogP contribution in [0.3, 0.4) is 0 Å². The number of hydrogen-bond donors (Lipinski definition) is 1. The van der Waals surface area contributed by atoms with Crippen molar-refractivity contribution in [1.82, 2.24) is 10.2 Å². The fourth-order valence-corrected chi connectivity index (χ4v) is 2.91. The Morgan fingerprint density at radius 1 is 1.27 bits per heavy atom. The van der Waals surface area contributed by atoms with Crippen molar-refractivity contribution in [3.8, 4) is 5.75 Å². The van der Waals surface area contributed by atoms with Crippen molar-refractivity contribution in [2.24, 2.45) is 0 Å². The molecule has 0 aliphatic carbocycles. The van der Waals surface area contributed by atoms with Crippen LogP contribution in [0.25, 0.3) is 0 Å². The van der Waals surface area contributed by atoms with E-state index in [0.29, 0.717) is 18.5 Å². The molecule has 1 aliphatic rings. The number of methoxy groups -OCH3 is 1. The lowest BCUT2D eigenvalue weighted by atomic mass is 10.0. The van der Waals surface area contributed by atoms with Crippen LogP contribution in [0, 0.1) is 0 Å². The van der Waals surface area contributed by atoms with E-state index < -0.39 is 0 Å². The van der Waals surface area contributed by atoms with E-state index in [1.807, 2.05) is 24.3 Å². The molecule has 1 aromatic rings. The molecule has 1 N–H and O–H groups in total. The van der Waals surface area contributed by atoms with Crippen molar-refractivity contribution in [2.75, 3.05) is 20.2 Å². The molecule has 0 bridgehead atoms. The second kappa shape index (κ2) is 8.18. The largest absolute Gasteiger partial charge is 0.497 e. The number of ether oxygens (including phenoxy) is 1. The van der Waals surface area contributed by atoms with E-state index in [0.717, 1.165) is 38.1 Å². The first kappa shape index (κ1) is 16.8. The molecule has 4 nitrogen and oxygen atoms in total. The summed E-state index contributed by atoms with van der Waals surface area (Å²) < 4.78 is 5.14. The zero-order valence-electron chi connectivity index (χ0n) is 14.0. The van der Waals surface area contributed by atoms with Gasteiger partial charge in [-0.05, 0) is 50.8 Å². The van der Waals surface area contributed by atoms with Gasteiger partial charge < -0.3 is 15.0 Å². The van der Waals surface area contributed by atoms with Gasteiger partial charge in [0.1, 0.15) is 5.75 Å². The normalized spacial score (nSPS) is 16.7. The van der Waals surface area contributed by atoms with Gasteiger partial charge >= 0.3 is 0 Å². The van der Waals surface area contributed by atoms with Gasteiger partial charge in [-0.25, -0.2) is 0 Å². The van der Waals surface area contributed by atoms with E-state index in [-0.39, 0.29) is 5.91 Å². The molecule has 1 aliphatic heterocycles. The highest BCUT2D eigenvalue weighted by Gasteiger charge is 2.21. The third-order valence-electron chi connectivity index (χ3n) is 4.42. The summed E-state index contributed by atoms with van der Waals surface area (Å²) in [6, 6.07) is 8.87. The zero-order valence-corrected chi connectivity index (χ0v) is 14.0. The Balaban J connectivity index is 1.69. The molecule has 4 heteroatoms. The summed E-state index contributed by atoms with van der Waals surface area (Å²) in [6.07, 6.45) is 3.45. The lowest BCUT2D eigenvalue weighted by Gasteiger charge is -2.34. The summed E-state index contributed by atoms with van der Waals surface area (Å²) in [6.45, 7) is 6.63. The molecule has 122 valence electrons. The number of nitrogens with one attached hydrogen (secondary N) is 1. The van der Waals surface area contributed by atoms with Crippen LogP contribution in [-0.4, -0.2) is 43.1 Å². The number of piperidine rings is 1. The molecular formula is C18H28N2O2. The van der Waals surface area contributed by atoms with Crippen LogP contribution in [0.5, 0.6) is 5.75 Å². The molecule has 0 spiro atoms. The van der Waals surface area contributed by atoms with E-state index in [9.17, 15) is 4.79 Å². The number of benzene rings is 1. The van der Waals surface area contributed by atoms with E-state index >= 15 is 0 Å². The topological polar surface area (TPSA) is 41.6 Å². The SMILES string of the molecule is COc1ccc(CCC(=O)NC2CCN(C(C)C)CC2)cc1. The summed E-state index contributed by atoms with van der Waals surface area (Å²) in [4.78, 5) is 14.5. The van der Waals surface area contributed by atoms with E-state index in [2.05, 4.69) is 24.1 Å². The predicted molar refractivity (Wildman–Crippen MR) is 89.2 cm³/mol. The number of likely N-dealkylation sites (tertiary alicyclic amines) is 1. The fraction of sp³-hybridized carbons (Fsp3) is 0.611. The van der Waals surface area contributed by atoms with Crippen LogP contribution in [-0.2, 0) is 11.2 Å². The van der Waals surface area contributed by atoms with Crippen LogP contribution in [0.2, 0.25) is 0 Å². The molecule has 1 fully saturated rings. The summed E-state index contributed by atoms with van der Waals surface area (Å²) >= 11 is 0. The molecule has 2 rings (SSSR count). The monoisotopic (exact) mass is 304 g/mol. The number of aryl methyl sites for hydroxylation is 1. The Kier molecular flexibility index (Phi) is 6.25. The number of carbonyl (C=O) groups is 1. The summed E-state index contributed by atoms with van der Waals surface area (Å²) in [5, 5.41) is 3.18. The number of hydrogen-bond acceptors (Lipinski definition) is 3. The molecule has 0 saturated carbocycles. The van der Waals surface area contributed by atoms with Gasteiger partial charge in [-0.1, -0.05) is 12.1 Å². The first-order valence-corrected chi connectivity index (χ1v) is 8.25. The van der Waals surface area contributed by atoms with E-state index in [4.69, 9.17) is 4.74 Å². The van der Waals surface area contributed by atoms with Crippen molar-refractivity contribution >= 4 is 5.91 Å². The van der Waals surface area contributed by atoms with Gasteiger partial charge in [-0.15, -0.1) is 0 Å². The first-order chi connectivity index (χ1) is 10.6.